The molecule has 2 rings (SSSR count). The van der Waals surface area contributed by atoms with Crippen LogP contribution in [0.2, 0.25) is 0 Å². The first-order valence-electron chi connectivity index (χ1n) is 6.72. The predicted molar refractivity (Wildman–Crippen MR) is 89.6 cm³/mol. The summed E-state index contributed by atoms with van der Waals surface area (Å²) in [7, 11) is 0. The summed E-state index contributed by atoms with van der Waals surface area (Å²) >= 11 is 1.05. The summed E-state index contributed by atoms with van der Waals surface area (Å²) in [4.78, 5) is 23.7. The van der Waals surface area contributed by atoms with Gasteiger partial charge in [0.05, 0.1) is 11.8 Å². The van der Waals surface area contributed by atoms with Crippen molar-refractivity contribution < 1.29 is 9.59 Å². The first-order chi connectivity index (χ1) is 11.0. The Kier molecular flexibility index (Phi) is 5.23. The van der Waals surface area contributed by atoms with Crippen molar-refractivity contribution in [3.05, 3.63) is 51.9 Å². The lowest BCUT2D eigenvalue weighted by molar-refractivity contribution is -0.114. The molecule has 6 nitrogen and oxygen atoms in total. The number of hydrogen-bond acceptors (Lipinski definition) is 5. The maximum Gasteiger partial charge on any atom is 0.281 e. The Bertz CT molecular complexity index is 803. The molecule has 0 aliphatic heterocycles. The minimum atomic E-state index is -0.423. The zero-order chi connectivity index (χ0) is 16.8. The highest BCUT2D eigenvalue weighted by molar-refractivity contribution is 7.18. The summed E-state index contributed by atoms with van der Waals surface area (Å²) in [5, 5.41) is 16.0. The quantitative estimate of drug-likeness (QED) is 0.668. The van der Waals surface area contributed by atoms with E-state index in [9.17, 15) is 14.9 Å². The van der Waals surface area contributed by atoms with E-state index in [1.165, 1.54) is 13.1 Å². The standard InChI is InChI=1S/C16H14N4O2S/c1-10-13(8-17)16(19-11(2)21)23-14(10)15(22)20-18-9-12-6-4-3-5-7-12/h3-7,9H,1-2H3,(H,19,21)(H,20,22). The average Bonchev–Trinajstić information content (AvgIpc) is 2.83. The number of hydrogen-bond donors (Lipinski definition) is 2. The highest BCUT2D eigenvalue weighted by Gasteiger charge is 2.20. The van der Waals surface area contributed by atoms with Crippen LogP contribution in [0, 0.1) is 18.3 Å². The van der Waals surface area contributed by atoms with Crippen molar-refractivity contribution in [1.29, 1.82) is 5.26 Å². The topological polar surface area (TPSA) is 94.3 Å². The number of nitrogens with one attached hydrogen (secondary N) is 2. The Morgan fingerprint density at radius 1 is 1.30 bits per heavy atom. The fourth-order valence-corrected chi connectivity index (χ4v) is 2.96. The molecule has 1 heterocycles. The molecule has 0 radical (unpaired) electrons. The predicted octanol–water partition coefficient (Wildman–Crippen LogP) is 2.65. The summed E-state index contributed by atoms with van der Waals surface area (Å²) in [6.45, 7) is 3.01. The summed E-state index contributed by atoms with van der Waals surface area (Å²) in [6.07, 6.45) is 1.53. The van der Waals surface area contributed by atoms with Crippen molar-refractivity contribution in [2.75, 3.05) is 5.32 Å². The Balaban J connectivity index is 2.16. The fourth-order valence-electron chi connectivity index (χ4n) is 1.87. The third-order valence-electron chi connectivity index (χ3n) is 2.93. The second-order valence-corrected chi connectivity index (χ2v) is 5.68. The largest absolute Gasteiger partial charge is 0.317 e. The number of carbonyl (C=O) groups excluding carboxylic acids is 2. The van der Waals surface area contributed by atoms with Crippen LogP contribution in [0.5, 0.6) is 0 Å². The van der Waals surface area contributed by atoms with Crippen LogP contribution in [0.3, 0.4) is 0 Å². The molecule has 0 aliphatic carbocycles. The SMILES string of the molecule is CC(=O)Nc1sc(C(=O)NN=Cc2ccccc2)c(C)c1C#N. The molecule has 2 amide bonds. The number of thiophene rings is 1. The van der Waals surface area contributed by atoms with Crippen LogP contribution in [0.4, 0.5) is 5.00 Å². The lowest BCUT2D eigenvalue weighted by Crippen LogP contribution is -2.17. The van der Waals surface area contributed by atoms with Gasteiger partial charge in [-0.25, -0.2) is 5.43 Å². The Hall–Kier alpha value is -2.98. The highest BCUT2D eigenvalue weighted by atomic mass is 32.1. The van der Waals surface area contributed by atoms with Gasteiger partial charge < -0.3 is 5.32 Å². The Morgan fingerprint density at radius 2 is 2.00 bits per heavy atom. The lowest BCUT2D eigenvalue weighted by Gasteiger charge is -1.98. The third kappa shape index (κ3) is 4.02. The normalized spacial score (nSPS) is 10.3. The maximum absolute atomic E-state index is 12.2. The molecule has 23 heavy (non-hydrogen) atoms. The molecular weight excluding hydrogens is 312 g/mol. The maximum atomic E-state index is 12.2. The molecule has 0 bridgehead atoms. The number of rotatable bonds is 4. The van der Waals surface area contributed by atoms with Crippen LogP contribution in [-0.4, -0.2) is 18.0 Å². The van der Waals surface area contributed by atoms with Crippen molar-refractivity contribution >= 4 is 34.4 Å². The first kappa shape index (κ1) is 16.4. The molecule has 0 saturated carbocycles. The van der Waals surface area contributed by atoms with Gasteiger partial charge in [0.2, 0.25) is 5.91 Å². The van der Waals surface area contributed by atoms with E-state index in [4.69, 9.17) is 0 Å². The van der Waals surface area contributed by atoms with Crippen LogP contribution in [0.15, 0.2) is 35.4 Å². The molecule has 0 fully saturated rings. The zero-order valence-electron chi connectivity index (χ0n) is 12.6. The van der Waals surface area contributed by atoms with Crippen molar-refractivity contribution in [3.63, 3.8) is 0 Å². The smallest absolute Gasteiger partial charge is 0.281 e. The summed E-state index contributed by atoms with van der Waals surface area (Å²) < 4.78 is 0. The van der Waals surface area contributed by atoms with Gasteiger partial charge in [0.1, 0.15) is 15.9 Å². The van der Waals surface area contributed by atoms with Gasteiger partial charge in [-0.3, -0.25) is 9.59 Å². The molecule has 7 heteroatoms. The number of carbonyl (C=O) groups is 2. The van der Waals surface area contributed by atoms with Gasteiger partial charge in [0.25, 0.3) is 5.91 Å². The monoisotopic (exact) mass is 326 g/mol. The number of nitriles is 1. The average molecular weight is 326 g/mol. The molecular formula is C16H14N4O2S. The van der Waals surface area contributed by atoms with Crippen LogP contribution in [-0.2, 0) is 4.79 Å². The second-order valence-electron chi connectivity index (χ2n) is 4.66. The fraction of sp³-hybridized carbons (Fsp3) is 0.125. The molecule has 2 N–H and O–H groups in total. The summed E-state index contributed by atoms with van der Waals surface area (Å²) in [5.74, 6) is -0.718. The molecule has 0 unspecified atom stereocenters. The Labute approximate surface area is 137 Å². The van der Waals surface area contributed by atoms with Gasteiger partial charge in [-0.15, -0.1) is 11.3 Å². The van der Waals surface area contributed by atoms with Crippen LogP contribution in [0.1, 0.15) is 33.3 Å². The van der Waals surface area contributed by atoms with Crippen molar-refractivity contribution in [2.24, 2.45) is 5.10 Å². The summed E-state index contributed by atoms with van der Waals surface area (Å²) in [5.41, 5.74) is 4.09. The van der Waals surface area contributed by atoms with Gasteiger partial charge in [-0.1, -0.05) is 30.3 Å². The van der Waals surface area contributed by atoms with E-state index in [1.54, 1.807) is 6.92 Å². The van der Waals surface area contributed by atoms with Gasteiger partial charge in [0, 0.05) is 6.92 Å². The van der Waals surface area contributed by atoms with Crippen molar-refractivity contribution in [2.45, 2.75) is 13.8 Å². The van der Waals surface area contributed by atoms with E-state index >= 15 is 0 Å². The van der Waals surface area contributed by atoms with Gasteiger partial charge in [-0.05, 0) is 18.1 Å². The minimum Gasteiger partial charge on any atom is -0.317 e. The zero-order valence-corrected chi connectivity index (χ0v) is 13.4. The van der Waals surface area contributed by atoms with E-state index in [2.05, 4.69) is 15.8 Å². The van der Waals surface area contributed by atoms with Crippen molar-refractivity contribution in [3.8, 4) is 6.07 Å². The van der Waals surface area contributed by atoms with Gasteiger partial charge in [0.15, 0.2) is 0 Å². The molecule has 0 atom stereocenters. The van der Waals surface area contributed by atoms with Crippen LogP contribution >= 0.6 is 11.3 Å². The molecule has 0 aliphatic rings. The lowest BCUT2D eigenvalue weighted by atomic mass is 10.1. The third-order valence-corrected chi connectivity index (χ3v) is 4.14. The van der Waals surface area contributed by atoms with Gasteiger partial charge in [-0.2, -0.15) is 10.4 Å². The van der Waals surface area contributed by atoms with E-state index in [-0.39, 0.29) is 5.91 Å². The van der Waals surface area contributed by atoms with Crippen molar-refractivity contribution in [1.82, 2.24) is 5.43 Å². The highest BCUT2D eigenvalue weighted by Crippen LogP contribution is 2.32. The number of anilines is 1. The molecule has 1 aromatic heterocycles. The molecule has 0 spiro atoms. The number of benzene rings is 1. The van der Waals surface area contributed by atoms with E-state index in [0.29, 0.717) is 21.0 Å². The molecule has 0 saturated heterocycles. The van der Waals surface area contributed by atoms with E-state index < -0.39 is 5.91 Å². The minimum absolute atomic E-state index is 0.294. The second kappa shape index (κ2) is 7.33. The van der Waals surface area contributed by atoms with E-state index in [1.807, 2.05) is 36.4 Å². The van der Waals surface area contributed by atoms with Crippen LogP contribution in [0.25, 0.3) is 0 Å². The number of nitrogens with zero attached hydrogens (tertiary/aromatic N) is 2. The van der Waals surface area contributed by atoms with E-state index in [0.717, 1.165) is 16.9 Å². The van der Waals surface area contributed by atoms with Crippen LogP contribution < -0.4 is 10.7 Å². The molecule has 116 valence electrons. The molecule has 1 aromatic carbocycles. The Morgan fingerprint density at radius 3 is 2.61 bits per heavy atom. The summed E-state index contributed by atoms with van der Waals surface area (Å²) in [6, 6.07) is 11.3. The molecule has 2 aromatic rings. The van der Waals surface area contributed by atoms with Gasteiger partial charge >= 0.3 is 0 Å². The number of amides is 2. The first-order valence-corrected chi connectivity index (χ1v) is 7.54. The number of hydrazone groups is 1.